The molecule has 0 saturated carbocycles. The number of hydrogen-bond acceptors (Lipinski definition) is 2. The Bertz CT molecular complexity index is 729. The average molecular weight is 373 g/mol. The topological polar surface area (TPSA) is 41.1 Å². The predicted octanol–water partition coefficient (Wildman–Crippen LogP) is 5.88. The van der Waals surface area contributed by atoms with E-state index < -0.39 is 0 Å². The Morgan fingerprint density at radius 1 is 0.885 bits per heavy atom. The van der Waals surface area contributed by atoms with Gasteiger partial charge in [0.2, 0.25) is 5.91 Å². The Morgan fingerprint density at radius 3 is 1.96 bits per heavy atom. The van der Waals surface area contributed by atoms with Crippen LogP contribution < -0.4 is 10.6 Å². The van der Waals surface area contributed by atoms with Crippen molar-refractivity contribution >= 4 is 23.2 Å². The zero-order valence-corrected chi connectivity index (χ0v) is 17.0. The van der Waals surface area contributed by atoms with Crippen molar-refractivity contribution in [1.29, 1.82) is 0 Å². The van der Waals surface area contributed by atoms with Crippen molar-refractivity contribution < 1.29 is 4.79 Å². The number of carbonyl (C=O) groups is 1. The van der Waals surface area contributed by atoms with E-state index in [4.69, 9.17) is 11.6 Å². The first kappa shape index (κ1) is 20.5. The fourth-order valence-electron chi connectivity index (χ4n) is 3.06. The summed E-state index contributed by atoms with van der Waals surface area (Å²) in [6.45, 7) is 10.8. The van der Waals surface area contributed by atoms with E-state index in [-0.39, 0.29) is 18.5 Å². The maximum Gasteiger partial charge on any atom is 0.238 e. The molecule has 1 amide bonds. The van der Waals surface area contributed by atoms with Crippen LogP contribution in [-0.4, -0.2) is 12.5 Å². The largest absolute Gasteiger partial charge is 0.324 e. The highest BCUT2D eigenvalue weighted by molar-refractivity contribution is 6.31. The highest BCUT2D eigenvalue weighted by Gasteiger charge is 2.16. The lowest BCUT2D eigenvalue weighted by Gasteiger charge is -2.21. The van der Waals surface area contributed by atoms with Gasteiger partial charge in [0.25, 0.3) is 0 Å². The summed E-state index contributed by atoms with van der Waals surface area (Å²) < 4.78 is 0. The van der Waals surface area contributed by atoms with Gasteiger partial charge in [-0.1, -0.05) is 75.7 Å². The van der Waals surface area contributed by atoms with Gasteiger partial charge < -0.3 is 10.6 Å². The molecule has 2 N–H and O–H groups in total. The van der Waals surface area contributed by atoms with E-state index in [0.717, 1.165) is 11.3 Å². The number of rotatable bonds is 7. The van der Waals surface area contributed by atoms with Crippen LogP contribution in [0.1, 0.15) is 69.2 Å². The molecule has 0 aliphatic rings. The van der Waals surface area contributed by atoms with Crippen LogP contribution in [0, 0.1) is 0 Å². The third-order valence-electron chi connectivity index (χ3n) is 4.58. The molecule has 4 heteroatoms. The van der Waals surface area contributed by atoms with Crippen molar-refractivity contribution in [3.63, 3.8) is 0 Å². The van der Waals surface area contributed by atoms with Gasteiger partial charge in [0.05, 0.1) is 6.54 Å². The minimum atomic E-state index is -0.0427. The molecule has 0 radical (unpaired) electrons. The minimum absolute atomic E-state index is 0.000591. The number of anilines is 1. The standard InChI is InChI=1S/C22H29ClN2O/c1-14(2)17-10-8-11-18(15(3)4)22(17)25-21(26)13-24-16(5)19-9-6-7-12-20(19)23/h6-12,14-16,24H,13H2,1-5H3,(H,25,26). The maximum atomic E-state index is 12.6. The van der Waals surface area contributed by atoms with Crippen LogP contribution >= 0.6 is 11.6 Å². The van der Waals surface area contributed by atoms with Crippen LogP contribution in [0.3, 0.4) is 0 Å². The highest BCUT2D eigenvalue weighted by Crippen LogP contribution is 2.32. The van der Waals surface area contributed by atoms with Crippen LogP contribution in [0.4, 0.5) is 5.69 Å². The van der Waals surface area contributed by atoms with E-state index in [1.54, 1.807) is 0 Å². The van der Waals surface area contributed by atoms with E-state index in [9.17, 15) is 4.79 Å². The number of para-hydroxylation sites is 1. The van der Waals surface area contributed by atoms with Crippen LogP contribution in [0.25, 0.3) is 0 Å². The van der Waals surface area contributed by atoms with Crippen molar-refractivity contribution in [2.45, 2.75) is 52.5 Å². The first-order valence-corrected chi connectivity index (χ1v) is 9.59. The van der Waals surface area contributed by atoms with E-state index in [1.807, 2.05) is 31.2 Å². The molecule has 2 aromatic rings. The molecule has 140 valence electrons. The summed E-state index contributed by atoms with van der Waals surface area (Å²) in [4.78, 5) is 12.6. The molecule has 1 atom stereocenters. The summed E-state index contributed by atoms with van der Waals surface area (Å²) in [5.41, 5.74) is 4.29. The van der Waals surface area contributed by atoms with Crippen molar-refractivity contribution in [3.8, 4) is 0 Å². The van der Waals surface area contributed by atoms with Crippen molar-refractivity contribution in [1.82, 2.24) is 5.32 Å². The van der Waals surface area contributed by atoms with Gasteiger partial charge >= 0.3 is 0 Å². The molecule has 3 nitrogen and oxygen atoms in total. The van der Waals surface area contributed by atoms with Gasteiger partial charge in [-0.25, -0.2) is 0 Å². The van der Waals surface area contributed by atoms with Gasteiger partial charge in [-0.05, 0) is 41.5 Å². The molecule has 26 heavy (non-hydrogen) atoms. The molecule has 2 rings (SSSR count). The number of halogens is 1. The van der Waals surface area contributed by atoms with Crippen LogP contribution in [0.5, 0.6) is 0 Å². The third kappa shape index (κ3) is 5.09. The van der Waals surface area contributed by atoms with Crippen LogP contribution in [-0.2, 0) is 4.79 Å². The number of benzene rings is 2. The summed E-state index contributed by atoms with van der Waals surface area (Å²) in [5.74, 6) is 0.650. The van der Waals surface area contributed by atoms with Crippen molar-refractivity contribution in [2.24, 2.45) is 0 Å². The SMILES string of the molecule is CC(C)c1cccc(C(C)C)c1NC(=O)CNC(C)c1ccccc1Cl. The minimum Gasteiger partial charge on any atom is -0.324 e. The van der Waals surface area contributed by atoms with E-state index in [0.29, 0.717) is 16.9 Å². The number of nitrogens with one attached hydrogen (secondary N) is 2. The Balaban J connectivity index is 2.09. The lowest BCUT2D eigenvalue weighted by molar-refractivity contribution is -0.115. The Kier molecular flexibility index (Phi) is 7.24. The second-order valence-electron chi connectivity index (χ2n) is 7.29. The van der Waals surface area contributed by atoms with Crippen molar-refractivity contribution in [3.05, 3.63) is 64.2 Å². The van der Waals surface area contributed by atoms with Crippen molar-refractivity contribution in [2.75, 3.05) is 11.9 Å². The van der Waals surface area contributed by atoms with Gasteiger partial charge in [0.1, 0.15) is 0 Å². The highest BCUT2D eigenvalue weighted by atomic mass is 35.5. The van der Waals surface area contributed by atoms with E-state index in [2.05, 4.69) is 56.5 Å². The first-order valence-electron chi connectivity index (χ1n) is 9.21. The summed E-state index contributed by atoms with van der Waals surface area (Å²) in [6.07, 6.45) is 0. The van der Waals surface area contributed by atoms with Gasteiger partial charge in [0, 0.05) is 16.8 Å². The smallest absolute Gasteiger partial charge is 0.238 e. The average Bonchev–Trinajstić information content (AvgIpc) is 2.59. The molecule has 0 aromatic heterocycles. The fourth-order valence-corrected chi connectivity index (χ4v) is 3.36. The molecule has 1 unspecified atom stereocenters. The molecule has 2 aromatic carbocycles. The Hall–Kier alpha value is -1.84. The Morgan fingerprint density at radius 2 is 1.42 bits per heavy atom. The molecular formula is C22H29ClN2O. The number of amides is 1. The second kappa shape index (κ2) is 9.20. The molecule has 0 spiro atoms. The van der Waals surface area contributed by atoms with Crippen LogP contribution in [0.15, 0.2) is 42.5 Å². The molecular weight excluding hydrogens is 344 g/mol. The van der Waals surface area contributed by atoms with E-state index in [1.165, 1.54) is 11.1 Å². The third-order valence-corrected chi connectivity index (χ3v) is 4.92. The van der Waals surface area contributed by atoms with Gasteiger partial charge in [-0.2, -0.15) is 0 Å². The summed E-state index contributed by atoms with van der Waals surface area (Å²) in [7, 11) is 0. The first-order chi connectivity index (χ1) is 12.3. The summed E-state index contributed by atoms with van der Waals surface area (Å²) in [5, 5.41) is 7.10. The molecule has 0 bridgehead atoms. The summed E-state index contributed by atoms with van der Waals surface area (Å²) in [6, 6.07) is 13.9. The molecule has 0 aliphatic carbocycles. The van der Waals surface area contributed by atoms with E-state index >= 15 is 0 Å². The molecule has 0 fully saturated rings. The van der Waals surface area contributed by atoms with Crippen LogP contribution in [0.2, 0.25) is 5.02 Å². The molecule has 0 aliphatic heterocycles. The second-order valence-corrected chi connectivity index (χ2v) is 7.70. The Labute approximate surface area is 162 Å². The lowest BCUT2D eigenvalue weighted by atomic mass is 9.92. The van der Waals surface area contributed by atoms with Gasteiger partial charge in [0.15, 0.2) is 0 Å². The fraction of sp³-hybridized carbons (Fsp3) is 0.409. The lowest BCUT2D eigenvalue weighted by Crippen LogP contribution is -2.31. The number of carbonyl (C=O) groups excluding carboxylic acids is 1. The monoisotopic (exact) mass is 372 g/mol. The quantitative estimate of drug-likeness (QED) is 0.637. The number of hydrogen-bond donors (Lipinski definition) is 2. The van der Waals surface area contributed by atoms with Gasteiger partial charge in [-0.15, -0.1) is 0 Å². The molecule has 0 saturated heterocycles. The zero-order chi connectivity index (χ0) is 19.3. The normalized spacial score (nSPS) is 12.5. The zero-order valence-electron chi connectivity index (χ0n) is 16.3. The maximum absolute atomic E-state index is 12.6. The predicted molar refractivity (Wildman–Crippen MR) is 111 cm³/mol. The van der Waals surface area contributed by atoms with Gasteiger partial charge in [-0.3, -0.25) is 4.79 Å². The molecule has 0 heterocycles. The summed E-state index contributed by atoms with van der Waals surface area (Å²) >= 11 is 6.23.